The summed E-state index contributed by atoms with van der Waals surface area (Å²) < 4.78 is 32.9. The highest BCUT2D eigenvalue weighted by Gasteiger charge is 2.22. The molecule has 2 N–H and O–H groups in total. The van der Waals surface area contributed by atoms with Crippen molar-refractivity contribution in [2.45, 2.75) is 31.2 Å². The van der Waals surface area contributed by atoms with Gasteiger partial charge in [-0.1, -0.05) is 18.2 Å². The predicted octanol–water partition coefficient (Wildman–Crippen LogP) is 3.56. The summed E-state index contributed by atoms with van der Waals surface area (Å²) in [6.45, 7) is 5.27. The number of para-hydroxylation sites is 2. The van der Waals surface area contributed by atoms with Gasteiger partial charge < -0.3 is 9.73 Å². The van der Waals surface area contributed by atoms with Crippen LogP contribution >= 0.6 is 0 Å². The lowest BCUT2D eigenvalue weighted by atomic mass is 10.1. The van der Waals surface area contributed by atoms with Crippen LogP contribution in [0.25, 0.3) is 17.2 Å². The van der Waals surface area contributed by atoms with Gasteiger partial charge in [0, 0.05) is 23.4 Å². The van der Waals surface area contributed by atoms with E-state index in [1.807, 2.05) is 18.2 Å². The Bertz CT molecular complexity index is 1110. The van der Waals surface area contributed by atoms with Crippen molar-refractivity contribution in [3.8, 4) is 0 Å². The van der Waals surface area contributed by atoms with Crippen LogP contribution in [0.2, 0.25) is 0 Å². The van der Waals surface area contributed by atoms with Crippen LogP contribution in [-0.2, 0) is 14.8 Å². The highest BCUT2D eigenvalue weighted by Crippen LogP contribution is 2.18. The maximum atomic E-state index is 12.4. The largest absolute Gasteiger partial charge is 0.437 e. The minimum absolute atomic E-state index is 0.0724. The highest BCUT2D eigenvalue weighted by atomic mass is 32.2. The Balaban J connectivity index is 1.72. The number of amides is 1. The van der Waals surface area contributed by atoms with Crippen molar-refractivity contribution in [3.63, 3.8) is 0 Å². The molecule has 146 valence electrons. The fourth-order valence-corrected chi connectivity index (χ4v) is 3.96. The average Bonchev–Trinajstić information content (AvgIpc) is 3.01. The van der Waals surface area contributed by atoms with Crippen LogP contribution in [0.5, 0.6) is 0 Å². The number of sulfonamides is 1. The molecule has 1 aromatic heterocycles. The minimum atomic E-state index is -3.69. The zero-order valence-electron chi connectivity index (χ0n) is 15.8. The molecule has 28 heavy (non-hydrogen) atoms. The van der Waals surface area contributed by atoms with E-state index in [1.165, 1.54) is 24.3 Å². The van der Waals surface area contributed by atoms with Crippen molar-refractivity contribution in [2.75, 3.05) is 5.32 Å². The van der Waals surface area contributed by atoms with Gasteiger partial charge in [0.15, 0.2) is 5.58 Å². The number of nitrogens with zero attached hydrogens (tertiary/aromatic N) is 1. The van der Waals surface area contributed by atoms with Crippen LogP contribution in [0.1, 0.15) is 26.7 Å². The summed E-state index contributed by atoms with van der Waals surface area (Å²) in [6.07, 6.45) is 2.73. The normalized spacial score (nSPS) is 12.5. The Morgan fingerprint density at radius 1 is 1.11 bits per heavy atom. The molecule has 3 aromatic rings. The van der Waals surface area contributed by atoms with Crippen LogP contribution in [0.4, 0.5) is 5.69 Å². The van der Waals surface area contributed by atoms with Crippen molar-refractivity contribution in [1.82, 2.24) is 9.71 Å². The van der Waals surface area contributed by atoms with Gasteiger partial charge in [0.2, 0.25) is 21.8 Å². The fourth-order valence-electron chi connectivity index (χ4n) is 2.50. The van der Waals surface area contributed by atoms with Gasteiger partial charge in [-0.2, -0.15) is 0 Å². The minimum Gasteiger partial charge on any atom is -0.437 e. The van der Waals surface area contributed by atoms with Crippen molar-refractivity contribution in [3.05, 3.63) is 60.5 Å². The van der Waals surface area contributed by atoms with Gasteiger partial charge in [-0.15, -0.1) is 0 Å². The fraction of sp³-hybridized carbons (Fsp3) is 0.200. The quantitative estimate of drug-likeness (QED) is 0.639. The van der Waals surface area contributed by atoms with Crippen LogP contribution in [-0.4, -0.2) is 24.8 Å². The monoisotopic (exact) mass is 399 g/mol. The zero-order valence-corrected chi connectivity index (χ0v) is 16.6. The number of aromatic nitrogens is 1. The molecule has 8 heteroatoms. The smallest absolute Gasteiger partial charge is 0.248 e. The molecular formula is C20H21N3O4S. The molecule has 0 aliphatic heterocycles. The summed E-state index contributed by atoms with van der Waals surface area (Å²) in [6, 6.07) is 13.3. The van der Waals surface area contributed by atoms with E-state index in [4.69, 9.17) is 4.42 Å². The molecule has 0 radical (unpaired) electrons. The van der Waals surface area contributed by atoms with Gasteiger partial charge in [-0.25, -0.2) is 18.1 Å². The van der Waals surface area contributed by atoms with E-state index in [9.17, 15) is 13.2 Å². The number of nitrogens with one attached hydrogen (secondary N) is 2. The van der Waals surface area contributed by atoms with Crippen molar-refractivity contribution in [1.29, 1.82) is 0 Å². The predicted molar refractivity (Wildman–Crippen MR) is 108 cm³/mol. The lowest BCUT2D eigenvalue weighted by Crippen LogP contribution is -2.40. The second kappa shape index (κ2) is 7.57. The number of oxazole rings is 1. The van der Waals surface area contributed by atoms with Crippen LogP contribution in [0, 0.1) is 0 Å². The maximum Gasteiger partial charge on any atom is 0.248 e. The standard InChI is InChI=1S/C20H21N3O4S/c1-20(2,3)23-28(25,26)15-8-6-7-14(13-15)21-18(24)11-12-19-22-16-9-4-5-10-17(16)27-19/h4-13,23H,1-3H3,(H,21,24)/b12-11+. The first-order valence-electron chi connectivity index (χ1n) is 8.61. The third kappa shape index (κ3) is 5.05. The number of hydrogen-bond acceptors (Lipinski definition) is 5. The van der Waals surface area contributed by atoms with E-state index in [0.717, 1.165) is 0 Å². The second-order valence-electron chi connectivity index (χ2n) is 7.23. The third-order valence-corrected chi connectivity index (χ3v) is 5.30. The van der Waals surface area contributed by atoms with E-state index in [-0.39, 0.29) is 4.90 Å². The molecule has 1 amide bonds. The van der Waals surface area contributed by atoms with Gasteiger partial charge in [-0.05, 0) is 51.1 Å². The molecule has 0 saturated heterocycles. The molecule has 0 bridgehead atoms. The molecule has 0 unspecified atom stereocenters. The molecular weight excluding hydrogens is 378 g/mol. The van der Waals surface area contributed by atoms with Crippen molar-refractivity contribution in [2.24, 2.45) is 0 Å². The summed E-state index contributed by atoms with van der Waals surface area (Å²) in [5.74, 6) is -0.123. The third-order valence-electron chi connectivity index (χ3n) is 3.54. The molecule has 0 atom stereocenters. The molecule has 1 heterocycles. The van der Waals surface area contributed by atoms with Gasteiger partial charge in [0.1, 0.15) is 5.52 Å². The molecule has 0 aliphatic rings. The van der Waals surface area contributed by atoms with E-state index in [1.54, 1.807) is 39.0 Å². The lowest BCUT2D eigenvalue weighted by molar-refractivity contribution is -0.111. The van der Waals surface area contributed by atoms with Crippen LogP contribution < -0.4 is 10.0 Å². The average molecular weight is 399 g/mol. The summed E-state index contributed by atoms with van der Waals surface area (Å²) in [7, 11) is -3.69. The molecule has 0 aliphatic carbocycles. The SMILES string of the molecule is CC(C)(C)NS(=O)(=O)c1cccc(NC(=O)/C=C/c2nc3ccccc3o2)c1. The molecule has 2 aromatic carbocycles. The van der Waals surface area contributed by atoms with E-state index >= 15 is 0 Å². The molecule has 3 rings (SSSR count). The first kappa shape index (κ1) is 19.8. The van der Waals surface area contributed by atoms with Gasteiger partial charge in [0.25, 0.3) is 0 Å². The molecule has 0 fully saturated rings. The van der Waals surface area contributed by atoms with Crippen molar-refractivity contribution < 1.29 is 17.6 Å². The number of fused-ring (bicyclic) bond motifs is 1. The van der Waals surface area contributed by atoms with E-state index in [2.05, 4.69) is 15.0 Å². The Morgan fingerprint density at radius 2 is 1.86 bits per heavy atom. The number of hydrogen-bond donors (Lipinski definition) is 2. The Labute approximate surface area is 163 Å². The number of benzene rings is 2. The highest BCUT2D eigenvalue weighted by molar-refractivity contribution is 7.89. The van der Waals surface area contributed by atoms with Crippen LogP contribution in [0.3, 0.4) is 0 Å². The number of anilines is 1. The second-order valence-corrected chi connectivity index (χ2v) is 8.91. The Morgan fingerprint density at radius 3 is 2.57 bits per heavy atom. The maximum absolute atomic E-state index is 12.4. The number of carbonyl (C=O) groups excluding carboxylic acids is 1. The van der Waals surface area contributed by atoms with Crippen molar-refractivity contribution >= 4 is 38.8 Å². The van der Waals surface area contributed by atoms with Crippen LogP contribution in [0.15, 0.2) is 63.9 Å². The van der Waals surface area contributed by atoms with Gasteiger partial charge in [-0.3, -0.25) is 4.79 Å². The topological polar surface area (TPSA) is 101 Å². The Hall–Kier alpha value is -2.97. The van der Waals surface area contributed by atoms with Gasteiger partial charge >= 0.3 is 0 Å². The summed E-state index contributed by atoms with van der Waals surface area (Å²) in [4.78, 5) is 16.5. The number of rotatable bonds is 5. The number of carbonyl (C=O) groups is 1. The summed E-state index contributed by atoms with van der Waals surface area (Å²) in [5, 5.41) is 2.63. The van der Waals surface area contributed by atoms with E-state index < -0.39 is 21.5 Å². The summed E-state index contributed by atoms with van der Waals surface area (Å²) >= 11 is 0. The zero-order chi connectivity index (χ0) is 20.4. The summed E-state index contributed by atoms with van der Waals surface area (Å²) in [5.41, 5.74) is 1.09. The Kier molecular flexibility index (Phi) is 5.35. The van der Waals surface area contributed by atoms with Gasteiger partial charge in [0.05, 0.1) is 4.90 Å². The molecule has 7 nitrogen and oxygen atoms in total. The first-order valence-corrected chi connectivity index (χ1v) is 10.1. The lowest BCUT2D eigenvalue weighted by Gasteiger charge is -2.20. The molecule has 0 saturated carbocycles. The first-order chi connectivity index (χ1) is 13.1. The van der Waals surface area contributed by atoms with E-state index in [0.29, 0.717) is 22.7 Å². The molecule has 0 spiro atoms.